The van der Waals surface area contributed by atoms with Crippen molar-refractivity contribution in [1.29, 1.82) is 0 Å². The van der Waals surface area contributed by atoms with Crippen molar-refractivity contribution in [1.82, 2.24) is 0 Å². The molecule has 0 amide bonds. The van der Waals surface area contributed by atoms with E-state index in [-0.39, 0.29) is 13.6 Å². The van der Waals surface area contributed by atoms with Gasteiger partial charge in [0.2, 0.25) is 0 Å². The molecule has 282 valence electrons. The lowest BCUT2D eigenvalue weighted by atomic mass is 9.35. The highest BCUT2D eigenvalue weighted by Gasteiger charge is 2.43. The predicted octanol–water partition coefficient (Wildman–Crippen LogP) is 10.6. The zero-order valence-corrected chi connectivity index (χ0v) is 32.6. The highest BCUT2D eigenvalue weighted by atomic mass is 16.6. The third-order valence-electron chi connectivity index (χ3n) is 13.1. The van der Waals surface area contributed by atoms with Gasteiger partial charge >= 0.3 is 6.85 Å². The Labute approximate surface area is 353 Å². The molecule has 7 heteroatoms. The monoisotopic (exact) mass is 779 g/mol. The SMILES string of the molecule is c1ccc2c(c1)Oc1cc(-c3cccc4c3Oc3c(cccc3-c3ccc5c(c3)-c3ccccc3B3c6ccccc6-c6ccccc6N35)O4)cc3c1B2c1ccccc1O3. The van der Waals surface area contributed by atoms with Gasteiger partial charge < -0.3 is 23.8 Å². The molecule has 0 aliphatic carbocycles. The van der Waals surface area contributed by atoms with Crippen LogP contribution in [-0.4, -0.2) is 13.6 Å². The quantitative estimate of drug-likeness (QED) is 0.164. The van der Waals surface area contributed by atoms with Gasteiger partial charge in [-0.05, 0) is 98.7 Å². The minimum absolute atomic E-state index is 0.00240. The summed E-state index contributed by atoms with van der Waals surface area (Å²) in [5.41, 5.74) is 17.0. The maximum Gasteiger partial charge on any atom is 0.329 e. The molecule has 5 aliphatic heterocycles. The molecular formula is C54H31B2NO4. The van der Waals surface area contributed by atoms with Gasteiger partial charge in [-0.3, -0.25) is 0 Å². The van der Waals surface area contributed by atoms with Crippen molar-refractivity contribution in [2.24, 2.45) is 0 Å². The minimum atomic E-state index is 0.00240. The molecule has 0 N–H and O–H groups in total. The normalized spacial score (nSPS) is 13.7. The molecule has 5 heterocycles. The molecule has 0 saturated heterocycles. The molecular weight excluding hydrogens is 748 g/mol. The van der Waals surface area contributed by atoms with Gasteiger partial charge in [0.05, 0.1) is 0 Å². The van der Waals surface area contributed by atoms with Crippen molar-refractivity contribution < 1.29 is 18.9 Å². The van der Waals surface area contributed by atoms with E-state index in [1.54, 1.807) is 0 Å². The number of anilines is 2. The molecule has 0 bridgehead atoms. The number of nitrogens with zero attached hydrogens (tertiary/aromatic N) is 1. The van der Waals surface area contributed by atoms with Crippen molar-refractivity contribution in [3.63, 3.8) is 0 Å². The van der Waals surface area contributed by atoms with Crippen LogP contribution in [0.3, 0.4) is 0 Å². The zero-order valence-electron chi connectivity index (χ0n) is 32.6. The van der Waals surface area contributed by atoms with E-state index in [2.05, 4.69) is 144 Å². The molecule has 0 fully saturated rings. The third-order valence-corrected chi connectivity index (χ3v) is 13.1. The van der Waals surface area contributed by atoms with Crippen LogP contribution in [0.25, 0.3) is 44.5 Å². The number of hydrogen-bond acceptors (Lipinski definition) is 5. The van der Waals surface area contributed by atoms with Crippen LogP contribution in [0.2, 0.25) is 0 Å². The van der Waals surface area contributed by atoms with Crippen LogP contribution in [0.1, 0.15) is 0 Å². The first-order valence-electron chi connectivity index (χ1n) is 20.8. The molecule has 14 rings (SSSR count). The fourth-order valence-electron chi connectivity index (χ4n) is 10.5. The highest BCUT2D eigenvalue weighted by molar-refractivity contribution is 6.98. The Morgan fingerprint density at radius 3 is 1.44 bits per heavy atom. The number of hydrogen-bond donors (Lipinski definition) is 0. The second kappa shape index (κ2) is 12.3. The number of ether oxygens (including phenoxy) is 4. The first-order chi connectivity index (χ1) is 30.2. The lowest BCUT2D eigenvalue weighted by Gasteiger charge is -2.43. The van der Waals surface area contributed by atoms with Gasteiger partial charge in [-0.1, -0.05) is 133 Å². The van der Waals surface area contributed by atoms with E-state index in [1.165, 1.54) is 44.6 Å². The van der Waals surface area contributed by atoms with Crippen LogP contribution < -0.4 is 51.1 Å². The smallest absolute Gasteiger partial charge is 0.329 e. The van der Waals surface area contributed by atoms with Gasteiger partial charge in [0.15, 0.2) is 23.0 Å². The minimum Gasteiger partial charge on any atom is -0.458 e. The number of benzene rings is 9. The van der Waals surface area contributed by atoms with E-state index in [1.807, 2.05) is 48.5 Å². The Kier molecular flexibility index (Phi) is 6.66. The van der Waals surface area contributed by atoms with Gasteiger partial charge in [-0.15, -0.1) is 0 Å². The van der Waals surface area contributed by atoms with Gasteiger partial charge in [-0.2, -0.15) is 0 Å². The average Bonchev–Trinajstić information content (AvgIpc) is 3.32. The van der Waals surface area contributed by atoms with E-state index >= 15 is 0 Å². The van der Waals surface area contributed by atoms with E-state index < -0.39 is 0 Å². The van der Waals surface area contributed by atoms with Crippen LogP contribution in [-0.2, 0) is 0 Å². The van der Waals surface area contributed by atoms with Gasteiger partial charge in [0.1, 0.15) is 23.0 Å². The summed E-state index contributed by atoms with van der Waals surface area (Å²) in [7, 11) is 0. The summed E-state index contributed by atoms with van der Waals surface area (Å²) in [5.74, 6) is 5.90. The predicted molar refractivity (Wildman–Crippen MR) is 246 cm³/mol. The summed E-state index contributed by atoms with van der Waals surface area (Å²) in [6, 6.07) is 66.4. The Hall–Kier alpha value is -7.89. The second-order valence-electron chi connectivity index (χ2n) is 16.3. The fourth-order valence-corrected chi connectivity index (χ4v) is 10.5. The molecule has 61 heavy (non-hydrogen) atoms. The molecule has 9 aromatic rings. The largest absolute Gasteiger partial charge is 0.458 e. The Bertz CT molecular complexity index is 3310. The fraction of sp³-hybridized carbons (Fsp3) is 0. The Morgan fingerprint density at radius 2 is 0.787 bits per heavy atom. The van der Waals surface area contributed by atoms with E-state index in [0.29, 0.717) is 23.0 Å². The molecule has 0 aromatic heterocycles. The number of rotatable bonds is 2. The third kappa shape index (κ3) is 4.63. The molecule has 0 spiro atoms. The van der Waals surface area contributed by atoms with Crippen molar-refractivity contribution in [3.8, 4) is 90.5 Å². The second-order valence-corrected chi connectivity index (χ2v) is 16.3. The van der Waals surface area contributed by atoms with E-state index in [9.17, 15) is 0 Å². The molecule has 5 nitrogen and oxygen atoms in total. The van der Waals surface area contributed by atoms with Crippen LogP contribution >= 0.6 is 0 Å². The molecule has 5 aliphatic rings. The summed E-state index contributed by atoms with van der Waals surface area (Å²) >= 11 is 0. The molecule has 9 aromatic carbocycles. The van der Waals surface area contributed by atoms with Crippen LogP contribution in [0.4, 0.5) is 11.4 Å². The van der Waals surface area contributed by atoms with E-state index in [0.717, 1.165) is 61.6 Å². The topological polar surface area (TPSA) is 40.2 Å². The lowest BCUT2D eigenvalue weighted by Crippen LogP contribution is -2.59. The number of para-hydroxylation sites is 5. The van der Waals surface area contributed by atoms with E-state index in [4.69, 9.17) is 18.9 Å². The maximum absolute atomic E-state index is 7.08. The number of fused-ring (bicyclic) bond motifs is 17. The van der Waals surface area contributed by atoms with Crippen LogP contribution in [0.5, 0.6) is 46.0 Å². The summed E-state index contributed by atoms with van der Waals surface area (Å²) in [4.78, 5) is 2.53. The Morgan fingerprint density at radius 1 is 0.311 bits per heavy atom. The molecule has 0 unspecified atom stereocenters. The van der Waals surface area contributed by atoms with Gasteiger partial charge in [0.25, 0.3) is 6.71 Å². The average molecular weight is 779 g/mol. The lowest BCUT2D eigenvalue weighted by molar-refractivity contribution is 0.362. The first kappa shape index (κ1) is 33.0. The van der Waals surface area contributed by atoms with Gasteiger partial charge in [0, 0.05) is 39.1 Å². The van der Waals surface area contributed by atoms with Gasteiger partial charge in [-0.25, -0.2) is 0 Å². The molecule has 0 saturated carbocycles. The molecule has 0 atom stereocenters. The zero-order chi connectivity index (χ0) is 39.8. The summed E-state index contributed by atoms with van der Waals surface area (Å²) in [5, 5.41) is 0. The first-order valence-corrected chi connectivity index (χ1v) is 20.8. The summed E-state index contributed by atoms with van der Waals surface area (Å²) in [6.07, 6.45) is 0. The van der Waals surface area contributed by atoms with Crippen molar-refractivity contribution >= 4 is 52.2 Å². The molecule has 0 radical (unpaired) electrons. The van der Waals surface area contributed by atoms with Crippen LogP contribution in [0.15, 0.2) is 188 Å². The van der Waals surface area contributed by atoms with Crippen molar-refractivity contribution in [2.45, 2.75) is 0 Å². The maximum atomic E-state index is 7.08. The summed E-state index contributed by atoms with van der Waals surface area (Å²) < 4.78 is 27.1. The van der Waals surface area contributed by atoms with Crippen molar-refractivity contribution in [3.05, 3.63) is 188 Å². The van der Waals surface area contributed by atoms with Crippen LogP contribution in [0, 0.1) is 0 Å². The van der Waals surface area contributed by atoms with Crippen molar-refractivity contribution in [2.75, 3.05) is 4.81 Å². The highest BCUT2D eigenvalue weighted by Crippen LogP contribution is 2.55. The summed E-state index contributed by atoms with van der Waals surface area (Å²) in [6.45, 7) is 0.0590. The standard InChI is InChI=1S/C54H31B2NO4/c1-4-18-40-36(13-1)38-15-3-8-22-44(38)57-45-28-27-32(29-39(45)37-14-2-5-19-41(37)56(40)57)34-16-11-25-48-53(34)61-54-35(17-12-26-49(54)60-48)33-30-50-52-51(31-33)59-47-24-10-7-21-43(47)55(52)42-20-6-9-23-46(42)58-50/h1-31H. The Balaban J connectivity index is 0.890.